The van der Waals surface area contributed by atoms with Crippen LogP contribution in [0.1, 0.15) is 46.1 Å². The third-order valence-corrected chi connectivity index (χ3v) is 3.98. The molecule has 0 aliphatic rings. The highest BCUT2D eigenvalue weighted by atomic mass is 16.6. The van der Waals surface area contributed by atoms with Crippen molar-refractivity contribution in [3.8, 4) is 0 Å². The highest BCUT2D eigenvalue weighted by Gasteiger charge is 2.38. The Balaban J connectivity index is 3.12. The van der Waals surface area contributed by atoms with E-state index in [1.165, 1.54) is 7.11 Å². The molecule has 0 aromatic heterocycles. The second-order valence-corrected chi connectivity index (χ2v) is 7.51. The molecule has 0 saturated carbocycles. The quantitative estimate of drug-likeness (QED) is 0.669. The number of ether oxygens (including phenoxy) is 2. The van der Waals surface area contributed by atoms with Crippen molar-refractivity contribution in [1.82, 2.24) is 5.32 Å². The van der Waals surface area contributed by atoms with Crippen molar-refractivity contribution in [3.05, 3.63) is 35.9 Å². The van der Waals surface area contributed by atoms with E-state index in [1.54, 1.807) is 20.8 Å². The van der Waals surface area contributed by atoms with Crippen LogP contribution in [0.3, 0.4) is 0 Å². The molecule has 150 valence electrons. The molecule has 0 bridgehead atoms. The van der Waals surface area contributed by atoms with Crippen LogP contribution in [-0.2, 0) is 30.3 Å². The fraction of sp³-hybridized carbons (Fsp3) is 0.571. The molecule has 0 radical (unpaired) electrons. The van der Waals surface area contributed by atoms with E-state index in [0.717, 1.165) is 12.0 Å². The smallest absolute Gasteiger partial charge is 0.310 e. The van der Waals surface area contributed by atoms with Crippen molar-refractivity contribution in [3.63, 3.8) is 0 Å². The summed E-state index contributed by atoms with van der Waals surface area (Å²) in [5.74, 6) is -3.11. The van der Waals surface area contributed by atoms with Gasteiger partial charge in [-0.1, -0.05) is 37.3 Å². The summed E-state index contributed by atoms with van der Waals surface area (Å²) in [7, 11) is 1.28. The van der Waals surface area contributed by atoms with Crippen molar-refractivity contribution in [1.29, 1.82) is 0 Å². The minimum Gasteiger partial charge on any atom is -0.469 e. The maximum absolute atomic E-state index is 12.8. The Morgan fingerprint density at radius 2 is 1.67 bits per heavy atom. The molecule has 6 heteroatoms. The third kappa shape index (κ3) is 8.24. The topological polar surface area (TPSA) is 81.7 Å². The first kappa shape index (κ1) is 22.7. The molecular weight excluding hydrogens is 346 g/mol. The van der Waals surface area contributed by atoms with Gasteiger partial charge >= 0.3 is 11.9 Å². The van der Waals surface area contributed by atoms with E-state index in [1.807, 2.05) is 37.3 Å². The van der Waals surface area contributed by atoms with Gasteiger partial charge in [-0.3, -0.25) is 14.4 Å². The molecule has 0 aliphatic carbocycles. The fourth-order valence-corrected chi connectivity index (χ4v) is 2.71. The Labute approximate surface area is 161 Å². The molecule has 0 heterocycles. The monoisotopic (exact) mass is 377 g/mol. The summed E-state index contributed by atoms with van der Waals surface area (Å²) < 4.78 is 10.4. The Morgan fingerprint density at radius 3 is 2.19 bits per heavy atom. The van der Waals surface area contributed by atoms with Gasteiger partial charge in [-0.25, -0.2) is 0 Å². The van der Waals surface area contributed by atoms with Gasteiger partial charge in [0.15, 0.2) is 0 Å². The summed E-state index contributed by atoms with van der Waals surface area (Å²) in [5, 5.41) is 2.76. The zero-order valence-corrected chi connectivity index (χ0v) is 16.9. The van der Waals surface area contributed by atoms with Crippen molar-refractivity contribution in [2.75, 3.05) is 13.7 Å². The standard InChI is InChI=1S/C21H31NO5/c1-6-12-22-18(23)14-17(20(25)27-21(2,3)4)16(19(24)26-5)13-15-10-8-7-9-11-15/h7-11,16-17H,6,12-14H2,1-5H3,(H,22,23)/t16-,17?/m0/s1. The van der Waals surface area contributed by atoms with Crippen molar-refractivity contribution in [2.45, 2.75) is 52.6 Å². The van der Waals surface area contributed by atoms with Crippen molar-refractivity contribution in [2.24, 2.45) is 11.8 Å². The average molecular weight is 377 g/mol. The van der Waals surface area contributed by atoms with Gasteiger partial charge in [-0.2, -0.15) is 0 Å². The van der Waals surface area contributed by atoms with Crippen LogP contribution in [0.2, 0.25) is 0 Å². The molecule has 6 nitrogen and oxygen atoms in total. The first-order valence-corrected chi connectivity index (χ1v) is 9.29. The SMILES string of the molecule is CCCNC(=O)CC(C(=O)OC(C)(C)C)[C@H](Cc1ccccc1)C(=O)OC. The van der Waals surface area contributed by atoms with E-state index in [0.29, 0.717) is 13.0 Å². The number of amides is 1. The number of carbonyl (C=O) groups excluding carboxylic acids is 3. The van der Waals surface area contributed by atoms with E-state index in [-0.39, 0.29) is 12.3 Å². The van der Waals surface area contributed by atoms with Gasteiger partial charge in [0.25, 0.3) is 0 Å². The van der Waals surface area contributed by atoms with E-state index < -0.39 is 29.4 Å². The van der Waals surface area contributed by atoms with Gasteiger partial charge in [-0.05, 0) is 39.2 Å². The predicted molar refractivity (Wildman–Crippen MR) is 103 cm³/mol. The number of hydrogen-bond acceptors (Lipinski definition) is 5. The lowest BCUT2D eigenvalue weighted by Crippen LogP contribution is -2.40. The lowest BCUT2D eigenvalue weighted by atomic mass is 9.84. The first-order valence-electron chi connectivity index (χ1n) is 9.29. The zero-order chi connectivity index (χ0) is 20.4. The van der Waals surface area contributed by atoms with Crippen LogP contribution < -0.4 is 5.32 Å². The van der Waals surface area contributed by atoms with Gasteiger partial charge in [0.05, 0.1) is 18.9 Å². The van der Waals surface area contributed by atoms with E-state index in [4.69, 9.17) is 9.47 Å². The number of benzene rings is 1. The molecule has 1 amide bonds. The maximum Gasteiger partial charge on any atom is 0.310 e. The van der Waals surface area contributed by atoms with Crippen LogP contribution in [0.25, 0.3) is 0 Å². The minimum absolute atomic E-state index is 0.123. The largest absolute Gasteiger partial charge is 0.469 e. The molecular formula is C21H31NO5. The Bertz CT molecular complexity index is 621. The van der Waals surface area contributed by atoms with Crippen LogP contribution in [0.15, 0.2) is 30.3 Å². The molecule has 1 aromatic rings. The van der Waals surface area contributed by atoms with Crippen LogP contribution in [0, 0.1) is 11.8 Å². The van der Waals surface area contributed by atoms with Gasteiger partial charge in [0.2, 0.25) is 5.91 Å². The highest BCUT2D eigenvalue weighted by molar-refractivity contribution is 5.87. The van der Waals surface area contributed by atoms with E-state index in [9.17, 15) is 14.4 Å². The maximum atomic E-state index is 12.8. The molecule has 1 unspecified atom stereocenters. The molecule has 1 rings (SSSR count). The number of methoxy groups -OCH3 is 1. The summed E-state index contributed by atoms with van der Waals surface area (Å²) in [6, 6.07) is 9.35. The molecule has 1 N–H and O–H groups in total. The zero-order valence-electron chi connectivity index (χ0n) is 16.9. The van der Waals surface area contributed by atoms with Crippen LogP contribution in [0.5, 0.6) is 0 Å². The summed E-state index contributed by atoms with van der Waals surface area (Å²) >= 11 is 0. The van der Waals surface area contributed by atoms with Gasteiger partial charge < -0.3 is 14.8 Å². The van der Waals surface area contributed by atoms with E-state index in [2.05, 4.69) is 5.32 Å². The number of rotatable bonds is 9. The fourth-order valence-electron chi connectivity index (χ4n) is 2.71. The first-order chi connectivity index (χ1) is 12.7. The van der Waals surface area contributed by atoms with Crippen LogP contribution in [-0.4, -0.2) is 37.1 Å². The molecule has 27 heavy (non-hydrogen) atoms. The number of nitrogens with one attached hydrogen (secondary N) is 1. The summed E-state index contributed by atoms with van der Waals surface area (Å²) in [4.78, 5) is 37.6. The van der Waals surface area contributed by atoms with Gasteiger partial charge in [0, 0.05) is 13.0 Å². The molecule has 1 aromatic carbocycles. The Hall–Kier alpha value is -2.37. The molecule has 0 spiro atoms. The second kappa shape index (κ2) is 10.7. The second-order valence-electron chi connectivity index (χ2n) is 7.51. The number of esters is 2. The lowest BCUT2D eigenvalue weighted by molar-refractivity contribution is -0.168. The van der Waals surface area contributed by atoms with Crippen LogP contribution >= 0.6 is 0 Å². The average Bonchev–Trinajstić information content (AvgIpc) is 2.61. The number of hydrogen-bond donors (Lipinski definition) is 1. The summed E-state index contributed by atoms with van der Waals surface area (Å²) in [6.07, 6.45) is 0.952. The minimum atomic E-state index is -0.922. The molecule has 2 atom stereocenters. The molecule has 0 saturated heterocycles. The molecule has 0 aliphatic heterocycles. The lowest BCUT2D eigenvalue weighted by Gasteiger charge is -2.28. The van der Waals surface area contributed by atoms with Gasteiger partial charge in [-0.15, -0.1) is 0 Å². The van der Waals surface area contributed by atoms with E-state index >= 15 is 0 Å². The van der Waals surface area contributed by atoms with Crippen molar-refractivity contribution >= 4 is 17.8 Å². The summed E-state index contributed by atoms with van der Waals surface area (Å²) in [6.45, 7) is 7.72. The highest BCUT2D eigenvalue weighted by Crippen LogP contribution is 2.26. The van der Waals surface area contributed by atoms with Crippen molar-refractivity contribution < 1.29 is 23.9 Å². The number of carbonyl (C=O) groups is 3. The van der Waals surface area contributed by atoms with Crippen LogP contribution in [0.4, 0.5) is 0 Å². The predicted octanol–water partition coefficient (Wildman–Crippen LogP) is 2.89. The normalized spacial score (nSPS) is 13.4. The Kier molecular flexibility index (Phi) is 8.98. The Morgan fingerprint density at radius 1 is 1.04 bits per heavy atom. The molecule has 0 fully saturated rings. The summed E-state index contributed by atoms with van der Waals surface area (Å²) in [5.41, 5.74) is 0.165. The van der Waals surface area contributed by atoms with Gasteiger partial charge in [0.1, 0.15) is 5.60 Å². The third-order valence-electron chi connectivity index (χ3n) is 3.98.